The van der Waals surface area contributed by atoms with Gasteiger partial charge in [-0.15, -0.1) is 0 Å². The van der Waals surface area contributed by atoms with E-state index in [0.29, 0.717) is 13.1 Å². The predicted octanol–water partition coefficient (Wildman–Crippen LogP) is 3.07. The molecule has 2 aromatic rings. The molecule has 138 valence electrons. The first kappa shape index (κ1) is 18.2. The molecular weight excluding hydrogens is 326 g/mol. The number of amides is 1. The van der Waals surface area contributed by atoms with E-state index in [9.17, 15) is 4.79 Å². The lowest BCUT2D eigenvalue weighted by Crippen LogP contribution is -2.52. The smallest absolute Gasteiger partial charge is 0.263 e. The van der Waals surface area contributed by atoms with Crippen LogP contribution in [0.15, 0.2) is 42.6 Å². The molecule has 0 saturated carbocycles. The van der Waals surface area contributed by atoms with E-state index in [1.54, 1.807) is 0 Å². The summed E-state index contributed by atoms with van der Waals surface area (Å²) in [6, 6.07) is 12.1. The molecule has 0 aliphatic carbocycles. The molecule has 1 atom stereocenters. The van der Waals surface area contributed by atoms with E-state index < -0.39 is 6.10 Å². The minimum absolute atomic E-state index is 0.0510. The maximum atomic E-state index is 12.7. The fraction of sp³-hybridized carbons (Fsp3) is 0.429. The van der Waals surface area contributed by atoms with E-state index in [0.717, 1.165) is 31.0 Å². The van der Waals surface area contributed by atoms with Gasteiger partial charge in [0.25, 0.3) is 5.91 Å². The van der Waals surface area contributed by atoms with E-state index in [-0.39, 0.29) is 5.91 Å². The molecule has 0 radical (unpaired) electrons. The van der Waals surface area contributed by atoms with Crippen LogP contribution in [-0.4, -0.2) is 48.1 Å². The van der Waals surface area contributed by atoms with Crippen molar-refractivity contribution in [2.45, 2.75) is 33.3 Å². The van der Waals surface area contributed by atoms with Gasteiger partial charge in [0.1, 0.15) is 5.75 Å². The Bertz CT molecular complexity index is 737. The molecule has 1 aliphatic rings. The van der Waals surface area contributed by atoms with Gasteiger partial charge in [-0.2, -0.15) is 0 Å². The van der Waals surface area contributed by atoms with Gasteiger partial charge in [-0.1, -0.05) is 19.1 Å². The molecule has 1 fully saturated rings. The van der Waals surface area contributed by atoms with Crippen LogP contribution in [-0.2, 0) is 11.2 Å². The van der Waals surface area contributed by atoms with E-state index in [4.69, 9.17) is 4.74 Å². The minimum atomic E-state index is -0.475. The third-order valence-corrected chi connectivity index (χ3v) is 4.83. The molecule has 1 aliphatic heterocycles. The number of carbonyl (C=O) groups excluding carboxylic acids is 1. The highest BCUT2D eigenvalue weighted by Crippen LogP contribution is 2.18. The van der Waals surface area contributed by atoms with Crippen molar-refractivity contribution in [2.75, 3.05) is 31.1 Å². The van der Waals surface area contributed by atoms with Gasteiger partial charge < -0.3 is 14.5 Å². The summed E-state index contributed by atoms with van der Waals surface area (Å²) in [6.07, 6.45) is 2.36. The Kier molecular flexibility index (Phi) is 5.76. The van der Waals surface area contributed by atoms with Gasteiger partial charge in [0.05, 0.1) is 0 Å². The molecule has 2 heterocycles. The number of nitrogens with zero attached hydrogens (tertiary/aromatic N) is 3. The Hall–Kier alpha value is -2.56. The Morgan fingerprint density at radius 1 is 1.15 bits per heavy atom. The zero-order chi connectivity index (χ0) is 18.5. The summed E-state index contributed by atoms with van der Waals surface area (Å²) < 4.78 is 5.84. The van der Waals surface area contributed by atoms with Crippen molar-refractivity contribution in [2.24, 2.45) is 0 Å². The summed E-state index contributed by atoms with van der Waals surface area (Å²) in [5.41, 5.74) is 3.45. The number of pyridine rings is 1. The van der Waals surface area contributed by atoms with Gasteiger partial charge in [-0.25, -0.2) is 0 Å². The number of carbonyl (C=O) groups is 1. The summed E-state index contributed by atoms with van der Waals surface area (Å²) in [5.74, 6) is 0.795. The molecule has 1 saturated heterocycles. The summed E-state index contributed by atoms with van der Waals surface area (Å²) in [7, 11) is 0. The lowest BCUT2D eigenvalue weighted by molar-refractivity contribution is -0.138. The van der Waals surface area contributed by atoms with Gasteiger partial charge in [0, 0.05) is 43.8 Å². The van der Waals surface area contributed by atoms with Crippen LogP contribution in [0.2, 0.25) is 0 Å². The van der Waals surface area contributed by atoms with Crippen molar-refractivity contribution in [3.8, 4) is 5.75 Å². The highest BCUT2D eigenvalue weighted by molar-refractivity contribution is 5.81. The van der Waals surface area contributed by atoms with E-state index in [2.05, 4.69) is 22.9 Å². The fourth-order valence-electron chi connectivity index (χ4n) is 3.23. The fourth-order valence-corrected chi connectivity index (χ4v) is 3.23. The van der Waals surface area contributed by atoms with Crippen LogP contribution in [0.4, 0.5) is 5.69 Å². The number of benzene rings is 1. The number of anilines is 1. The van der Waals surface area contributed by atoms with Crippen LogP contribution in [0.5, 0.6) is 5.75 Å². The average molecular weight is 353 g/mol. The first-order chi connectivity index (χ1) is 12.6. The predicted molar refractivity (Wildman–Crippen MR) is 104 cm³/mol. The van der Waals surface area contributed by atoms with Crippen molar-refractivity contribution >= 4 is 11.6 Å². The molecule has 5 heteroatoms. The topological polar surface area (TPSA) is 45.7 Å². The first-order valence-electron chi connectivity index (χ1n) is 9.29. The Morgan fingerprint density at radius 3 is 2.46 bits per heavy atom. The number of aryl methyl sites for hydroxylation is 2. The quantitative estimate of drug-likeness (QED) is 0.829. The molecule has 5 nitrogen and oxygen atoms in total. The van der Waals surface area contributed by atoms with E-state index in [1.165, 1.54) is 11.3 Å². The molecular formula is C21H27N3O2. The van der Waals surface area contributed by atoms with Crippen molar-refractivity contribution < 1.29 is 9.53 Å². The van der Waals surface area contributed by atoms with Crippen molar-refractivity contribution in [1.82, 2.24) is 9.88 Å². The zero-order valence-corrected chi connectivity index (χ0v) is 15.8. The second-order valence-corrected chi connectivity index (χ2v) is 6.73. The van der Waals surface area contributed by atoms with Crippen molar-refractivity contribution in [3.05, 3.63) is 53.9 Å². The second-order valence-electron chi connectivity index (χ2n) is 6.73. The van der Waals surface area contributed by atoms with Crippen molar-refractivity contribution in [3.63, 3.8) is 0 Å². The third-order valence-electron chi connectivity index (χ3n) is 4.83. The standard InChI is InChI=1S/C21H27N3O2/c1-4-18-5-7-20(8-6-18)26-17(3)21(25)24-13-11-23(12-14-24)19-9-10-22-16(2)15-19/h5-10,15,17H,4,11-14H2,1-3H3. The van der Waals surface area contributed by atoms with Crippen molar-refractivity contribution in [1.29, 1.82) is 0 Å². The average Bonchev–Trinajstić information content (AvgIpc) is 2.68. The van der Waals surface area contributed by atoms with Crippen LogP contribution < -0.4 is 9.64 Å². The Balaban J connectivity index is 1.53. The molecule has 3 rings (SSSR count). The third kappa shape index (κ3) is 4.34. The highest BCUT2D eigenvalue weighted by Gasteiger charge is 2.26. The number of piperazine rings is 1. The van der Waals surface area contributed by atoms with Gasteiger partial charge in [0.2, 0.25) is 0 Å². The Labute approximate surface area is 155 Å². The number of aromatic nitrogens is 1. The summed E-state index contributed by atoms with van der Waals surface area (Å²) in [4.78, 5) is 21.1. The normalized spacial score (nSPS) is 15.7. The minimum Gasteiger partial charge on any atom is -0.481 e. The number of hydrogen-bond acceptors (Lipinski definition) is 4. The van der Waals surface area contributed by atoms with Gasteiger partial charge in [-0.3, -0.25) is 9.78 Å². The number of rotatable bonds is 5. The lowest BCUT2D eigenvalue weighted by atomic mass is 10.2. The van der Waals surface area contributed by atoms with Crippen LogP contribution in [0, 0.1) is 6.92 Å². The summed E-state index contributed by atoms with van der Waals surface area (Å²) >= 11 is 0. The Morgan fingerprint density at radius 2 is 1.85 bits per heavy atom. The molecule has 26 heavy (non-hydrogen) atoms. The van der Waals surface area contributed by atoms with Crippen LogP contribution >= 0.6 is 0 Å². The zero-order valence-electron chi connectivity index (χ0n) is 15.8. The maximum Gasteiger partial charge on any atom is 0.263 e. The molecule has 1 aromatic heterocycles. The molecule has 1 aromatic carbocycles. The molecule has 0 N–H and O–H groups in total. The summed E-state index contributed by atoms with van der Waals surface area (Å²) in [5, 5.41) is 0. The van der Waals surface area contributed by atoms with Gasteiger partial charge >= 0.3 is 0 Å². The highest BCUT2D eigenvalue weighted by atomic mass is 16.5. The van der Waals surface area contributed by atoms with E-state index >= 15 is 0 Å². The SMILES string of the molecule is CCc1ccc(OC(C)C(=O)N2CCN(c3ccnc(C)c3)CC2)cc1. The lowest BCUT2D eigenvalue weighted by Gasteiger charge is -2.37. The van der Waals surface area contributed by atoms with E-state index in [1.807, 2.05) is 55.3 Å². The van der Waals surface area contributed by atoms with Gasteiger partial charge in [-0.05, 0) is 50.1 Å². The van der Waals surface area contributed by atoms with Crippen LogP contribution in [0.1, 0.15) is 25.1 Å². The largest absolute Gasteiger partial charge is 0.481 e. The number of hydrogen-bond donors (Lipinski definition) is 0. The molecule has 1 unspecified atom stereocenters. The molecule has 0 bridgehead atoms. The van der Waals surface area contributed by atoms with Crippen LogP contribution in [0.3, 0.4) is 0 Å². The monoisotopic (exact) mass is 353 g/mol. The number of ether oxygens (including phenoxy) is 1. The van der Waals surface area contributed by atoms with Crippen LogP contribution in [0.25, 0.3) is 0 Å². The maximum absolute atomic E-state index is 12.7. The van der Waals surface area contributed by atoms with Gasteiger partial charge in [0.15, 0.2) is 6.10 Å². The molecule has 1 amide bonds. The first-order valence-corrected chi connectivity index (χ1v) is 9.29. The summed E-state index contributed by atoms with van der Waals surface area (Å²) in [6.45, 7) is 9.02. The molecule has 0 spiro atoms. The second kappa shape index (κ2) is 8.21.